The highest BCUT2D eigenvalue weighted by atomic mass is 32.2. The number of thioether (sulfide) groups is 1. The minimum absolute atomic E-state index is 0.0676. The Kier molecular flexibility index (Phi) is 5.34. The summed E-state index contributed by atoms with van der Waals surface area (Å²) < 4.78 is 13.2. The van der Waals surface area contributed by atoms with Crippen molar-refractivity contribution in [3.63, 3.8) is 0 Å². The van der Waals surface area contributed by atoms with Crippen molar-refractivity contribution >= 4 is 17.7 Å². The zero-order valence-corrected chi connectivity index (χ0v) is 16.6. The lowest BCUT2D eigenvalue weighted by Gasteiger charge is -2.13. The number of hydrogen-bond donors (Lipinski definition) is 0. The minimum Gasteiger partial charge on any atom is -0.485 e. The Hall–Kier alpha value is -2.80. The number of ether oxygens (including phenoxy) is 2. The van der Waals surface area contributed by atoms with Crippen LogP contribution in [0.25, 0.3) is 5.69 Å². The van der Waals surface area contributed by atoms with Gasteiger partial charge in [0.1, 0.15) is 23.7 Å². The van der Waals surface area contributed by atoms with Crippen LogP contribution in [0, 0.1) is 6.92 Å². The van der Waals surface area contributed by atoms with E-state index in [9.17, 15) is 4.79 Å². The first-order valence-corrected chi connectivity index (χ1v) is 10.0. The molecule has 7 heteroatoms. The number of aryl methyl sites for hydroxylation is 1. The number of carbonyl (C=O) groups is 1. The fraction of sp³-hybridized carbons (Fsp3) is 0.286. The fourth-order valence-corrected chi connectivity index (χ4v) is 4.29. The van der Waals surface area contributed by atoms with E-state index in [0.717, 1.165) is 17.0 Å². The van der Waals surface area contributed by atoms with E-state index in [1.54, 1.807) is 0 Å². The molecule has 0 unspecified atom stereocenters. The Morgan fingerprint density at radius 3 is 2.61 bits per heavy atom. The first-order valence-electron chi connectivity index (χ1n) is 9.17. The average molecular weight is 395 g/mol. The quantitative estimate of drug-likeness (QED) is 0.589. The molecule has 0 N–H and O–H groups in total. The molecule has 2 aromatic carbocycles. The maximum Gasteiger partial charge on any atom is 0.319 e. The van der Waals surface area contributed by atoms with E-state index >= 15 is 0 Å². The van der Waals surface area contributed by atoms with Crippen LogP contribution >= 0.6 is 11.8 Å². The number of hydrogen-bond acceptors (Lipinski definition) is 6. The molecule has 6 nitrogen and oxygen atoms in total. The summed E-state index contributed by atoms with van der Waals surface area (Å²) in [4.78, 5) is 12.1. The van der Waals surface area contributed by atoms with E-state index < -0.39 is 0 Å². The molecule has 1 fully saturated rings. The second kappa shape index (κ2) is 8.06. The predicted octanol–water partition coefficient (Wildman–Crippen LogP) is 3.95. The van der Waals surface area contributed by atoms with Crippen molar-refractivity contribution < 1.29 is 14.3 Å². The summed E-state index contributed by atoms with van der Waals surface area (Å²) in [5.41, 5.74) is 1.99. The molecule has 3 aromatic rings. The summed E-state index contributed by atoms with van der Waals surface area (Å²) >= 11 is 1.39. The third kappa shape index (κ3) is 3.89. The van der Waals surface area contributed by atoms with Crippen molar-refractivity contribution in [3.05, 3.63) is 66.0 Å². The number of nitrogens with zero attached hydrogens (tertiary/aromatic N) is 3. The van der Waals surface area contributed by atoms with Crippen LogP contribution in [0.3, 0.4) is 0 Å². The zero-order chi connectivity index (χ0) is 19.5. The van der Waals surface area contributed by atoms with Crippen LogP contribution < -0.4 is 4.74 Å². The maximum atomic E-state index is 12.1. The van der Waals surface area contributed by atoms with Gasteiger partial charge in [0.25, 0.3) is 0 Å². The van der Waals surface area contributed by atoms with E-state index in [4.69, 9.17) is 9.47 Å². The molecule has 1 aromatic heterocycles. The van der Waals surface area contributed by atoms with Crippen LogP contribution in [0.2, 0.25) is 0 Å². The fourth-order valence-electron chi connectivity index (χ4n) is 3.11. The van der Waals surface area contributed by atoms with Gasteiger partial charge >= 0.3 is 5.97 Å². The molecular formula is C21H21N3O3S. The Morgan fingerprint density at radius 2 is 1.89 bits per heavy atom. The number of cyclic esters (lactones) is 1. The summed E-state index contributed by atoms with van der Waals surface area (Å²) in [5, 5.41) is 9.06. The average Bonchev–Trinajstić information content (AvgIpc) is 3.24. The zero-order valence-electron chi connectivity index (χ0n) is 15.7. The lowest BCUT2D eigenvalue weighted by atomic mass is 10.2. The van der Waals surface area contributed by atoms with Crippen molar-refractivity contribution in [1.82, 2.24) is 14.8 Å². The molecule has 4 rings (SSSR count). The van der Waals surface area contributed by atoms with E-state index in [-0.39, 0.29) is 23.9 Å². The van der Waals surface area contributed by atoms with Crippen LogP contribution in [-0.4, -0.2) is 32.1 Å². The van der Waals surface area contributed by atoms with Crippen molar-refractivity contribution in [2.45, 2.75) is 43.4 Å². The highest BCUT2D eigenvalue weighted by Crippen LogP contribution is 2.33. The van der Waals surface area contributed by atoms with Crippen LogP contribution in [0.4, 0.5) is 0 Å². The standard InChI is InChI=1S/C21H21N3O3S/c1-14-8-6-7-11-17(14)26-13-19-22-23-21(24(19)16-9-4-3-5-10-16)28-18-12-15(2)27-20(18)25/h3-11,15,18H,12-13H2,1-2H3/t15-,18-/m1/s1. The van der Waals surface area contributed by atoms with E-state index in [1.165, 1.54) is 11.8 Å². The van der Waals surface area contributed by atoms with Gasteiger partial charge in [0.2, 0.25) is 0 Å². The summed E-state index contributed by atoms with van der Waals surface area (Å²) in [6.07, 6.45) is 0.599. The molecule has 2 heterocycles. The third-order valence-electron chi connectivity index (χ3n) is 4.54. The second-order valence-electron chi connectivity index (χ2n) is 6.71. The van der Waals surface area contributed by atoms with Gasteiger partial charge in [-0.15, -0.1) is 10.2 Å². The first-order chi connectivity index (χ1) is 13.6. The van der Waals surface area contributed by atoms with Gasteiger partial charge in [-0.05, 0) is 37.6 Å². The molecule has 0 saturated carbocycles. The highest BCUT2D eigenvalue weighted by Gasteiger charge is 2.34. The summed E-state index contributed by atoms with van der Waals surface area (Å²) in [6, 6.07) is 17.7. The Balaban J connectivity index is 1.62. The SMILES string of the molecule is Cc1ccccc1OCc1nnc(S[C@@H]2C[C@@H](C)OC2=O)n1-c1ccccc1. The molecule has 0 amide bonds. The maximum absolute atomic E-state index is 12.1. The number of esters is 1. The number of aromatic nitrogens is 3. The van der Waals surface area contributed by atoms with E-state index in [2.05, 4.69) is 10.2 Å². The molecule has 1 aliphatic rings. The van der Waals surface area contributed by atoms with Crippen LogP contribution in [0.5, 0.6) is 5.75 Å². The molecule has 1 saturated heterocycles. The molecular weight excluding hydrogens is 374 g/mol. The Labute approximate surface area is 167 Å². The normalized spacial score (nSPS) is 18.9. The van der Waals surface area contributed by atoms with Gasteiger partial charge in [-0.1, -0.05) is 48.2 Å². The molecule has 0 aliphatic carbocycles. The van der Waals surface area contributed by atoms with Crippen molar-refractivity contribution in [3.8, 4) is 11.4 Å². The van der Waals surface area contributed by atoms with Crippen molar-refractivity contribution in [2.24, 2.45) is 0 Å². The second-order valence-corrected chi connectivity index (χ2v) is 7.88. The Morgan fingerprint density at radius 1 is 1.14 bits per heavy atom. The van der Waals surface area contributed by atoms with Crippen molar-refractivity contribution in [2.75, 3.05) is 0 Å². The molecule has 28 heavy (non-hydrogen) atoms. The lowest BCUT2D eigenvalue weighted by molar-refractivity contribution is -0.140. The van der Waals surface area contributed by atoms with Gasteiger partial charge in [-0.2, -0.15) is 0 Å². The molecule has 0 radical (unpaired) electrons. The van der Waals surface area contributed by atoms with Gasteiger partial charge < -0.3 is 9.47 Å². The Bertz CT molecular complexity index is 974. The molecule has 0 spiro atoms. The molecule has 1 aliphatic heterocycles. The molecule has 144 valence electrons. The molecule has 2 atom stereocenters. The predicted molar refractivity (Wildman–Crippen MR) is 107 cm³/mol. The van der Waals surface area contributed by atoms with Gasteiger partial charge in [0.05, 0.1) is 0 Å². The first kappa shape index (κ1) is 18.6. The molecule has 0 bridgehead atoms. The topological polar surface area (TPSA) is 66.2 Å². The van der Waals surface area contributed by atoms with Gasteiger partial charge in [0.15, 0.2) is 11.0 Å². The number of carbonyl (C=O) groups excluding carboxylic acids is 1. The number of benzene rings is 2. The number of para-hydroxylation sites is 2. The lowest BCUT2D eigenvalue weighted by Crippen LogP contribution is -2.12. The monoisotopic (exact) mass is 395 g/mol. The van der Waals surface area contributed by atoms with Crippen LogP contribution in [0.15, 0.2) is 59.8 Å². The minimum atomic E-state index is -0.271. The summed E-state index contributed by atoms with van der Waals surface area (Å²) in [7, 11) is 0. The number of rotatable bonds is 6. The third-order valence-corrected chi connectivity index (χ3v) is 5.68. The summed E-state index contributed by atoms with van der Waals surface area (Å²) in [5.74, 6) is 1.29. The highest BCUT2D eigenvalue weighted by molar-refractivity contribution is 8.00. The largest absolute Gasteiger partial charge is 0.485 e. The van der Waals surface area contributed by atoms with Gasteiger partial charge in [-0.25, -0.2) is 0 Å². The van der Waals surface area contributed by atoms with Gasteiger partial charge in [0, 0.05) is 12.1 Å². The van der Waals surface area contributed by atoms with Crippen LogP contribution in [0.1, 0.15) is 24.7 Å². The smallest absolute Gasteiger partial charge is 0.319 e. The van der Waals surface area contributed by atoms with E-state index in [0.29, 0.717) is 17.4 Å². The summed E-state index contributed by atoms with van der Waals surface area (Å²) in [6.45, 7) is 4.19. The van der Waals surface area contributed by atoms with Gasteiger partial charge in [-0.3, -0.25) is 9.36 Å². The van der Waals surface area contributed by atoms with E-state index in [1.807, 2.05) is 73.0 Å². The van der Waals surface area contributed by atoms with Crippen LogP contribution in [-0.2, 0) is 16.1 Å². The van der Waals surface area contributed by atoms with Crippen molar-refractivity contribution in [1.29, 1.82) is 0 Å².